The molecule has 0 aliphatic heterocycles. The van der Waals surface area contributed by atoms with Gasteiger partial charge in [-0.2, -0.15) is 0 Å². The number of amides is 1. The highest BCUT2D eigenvalue weighted by molar-refractivity contribution is 8.00. The Morgan fingerprint density at radius 2 is 2.03 bits per heavy atom. The van der Waals surface area contributed by atoms with Crippen LogP contribution < -0.4 is 5.32 Å². The van der Waals surface area contributed by atoms with Gasteiger partial charge in [-0.05, 0) is 35.7 Å². The third-order valence-corrected chi connectivity index (χ3v) is 7.34. The maximum absolute atomic E-state index is 12.3. The lowest BCUT2D eigenvalue weighted by molar-refractivity contribution is -0.120. The summed E-state index contributed by atoms with van der Waals surface area (Å²) in [6, 6.07) is 13.7. The monoisotopic (exact) mass is 475 g/mol. The van der Waals surface area contributed by atoms with Crippen LogP contribution in [0.2, 0.25) is 10.0 Å². The van der Waals surface area contributed by atoms with Crippen molar-refractivity contribution in [1.29, 1.82) is 0 Å². The highest BCUT2D eigenvalue weighted by Gasteiger charge is 2.10. The zero-order valence-electron chi connectivity index (χ0n) is 16.0. The summed E-state index contributed by atoms with van der Waals surface area (Å²) in [6.45, 7) is 0.599. The molecule has 4 rings (SSSR count). The zero-order chi connectivity index (χ0) is 20.9. The van der Waals surface area contributed by atoms with Crippen molar-refractivity contribution in [2.45, 2.75) is 22.9 Å². The molecule has 0 fully saturated rings. The Labute approximate surface area is 193 Å². The first-order valence-corrected chi connectivity index (χ1v) is 12.0. The molecule has 0 aliphatic rings. The standard InChI is InChI=1S/C22H19Cl2N3OS2/c23-16-6-5-15(19(24)9-16)12-29-22-27-17(13-30-22)10-21(28)25-8-7-14-11-26-20-4-2-1-3-18(14)20/h1-6,9,11,13,26H,7-8,10,12H2,(H,25,28). The van der Waals surface area contributed by atoms with Gasteiger partial charge in [0.2, 0.25) is 5.91 Å². The van der Waals surface area contributed by atoms with Crippen molar-refractivity contribution in [1.82, 2.24) is 15.3 Å². The molecular formula is C22H19Cl2N3OS2. The number of carbonyl (C=O) groups excluding carboxylic acids is 1. The van der Waals surface area contributed by atoms with E-state index < -0.39 is 0 Å². The quantitative estimate of drug-likeness (QED) is 0.301. The van der Waals surface area contributed by atoms with E-state index in [0.29, 0.717) is 22.3 Å². The molecule has 4 aromatic rings. The molecule has 8 heteroatoms. The second-order valence-electron chi connectivity index (χ2n) is 6.77. The zero-order valence-corrected chi connectivity index (χ0v) is 19.1. The van der Waals surface area contributed by atoms with Gasteiger partial charge in [0.15, 0.2) is 0 Å². The van der Waals surface area contributed by atoms with Crippen LogP contribution in [0.5, 0.6) is 0 Å². The van der Waals surface area contributed by atoms with Crippen molar-refractivity contribution in [2.24, 2.45) is 0 Å². The van der Waals surface area contributed by atoms with Gasteiger partial charge in [-0.15, -0.1) is 11.3 Å². The van der Waals surface area contributed by atoms with Gasteiger partial charge in [-0.3, -0.25) is 4.79 Å². The van der Waals surface area contributed by atoms with E-state index in [1.54, 1.807) is 29.2 Å². The molecule has 0 bridgehead atoms. The lowest BCUT2D eigenvalue weighted by atomic mass is 10.1. The van der Waals surface area contributed by atoms with Crippen LogP contribution in [0.4, 0.5) is 0 Å². The smallest absolute Gasteiger partial charge is 0.226 e. The van der Waals surface area contributed by atoms with Crippen LogP contribution in [-0.4, -0.2) is 22.4 Å². The van der Waals surface area contributed by atoms with Gasteiger partial charge in [-0.1, -0.05) is 59.2 Å². The molecule has 0 saturated heterocycles. The van der Waals surface area contributed by atoms with Crippen LogP contribution in [-0.2, 0) is 23.4 Å². The molecule has 2 aromatic heterocycles. The van der Waals surface area contributed by atoms with Crippen molar-refractivity contribution in [3.05, 3.63) is 80.9 Å². The minimum absolute atomic E-state index is 0.0163. The number of thioether (sulfide) groups is 1. The number of thiazole rings is 1. The average molecular weight is 476 g/mol. The van der Waals surface area contributed by atoms with E-state index in [0.717, 1.165) is 27.5 Å². The van der Waals surface area contributed by atoms with Crippen molar-refractivity contribution in [3.63, 3.8) is 0 Å². The molecule has 0 spiro atoms. The average Bonchev–Trinajstić information content (AvgIpc) is 3.34. The molecule has 2 aromatic carbocycles. The van der Waals surface area contributed by atoms with E-state index >= 15 is 0 Å². The number of fused-ring (bicyclic) bond motifs is 1. The second-order valence-corrected chi connectivity index (χ2v) is 9.69. The molecule has 30 heavy (non-hydrogen) atoms. The summed E-state index contributed by atoms with van der Waals surface area (Å²) in [5.74, 6) is 0.692. The van der Waals surface area contributed by atoms with Crippen molar-refractivity contribution in [2.75, 3.05) is 6.54 Å². The molecular weight excluding hydrogens is 457 g/mol. The Morgan fingerprint density at radius 3 is 2.90 bits per heavy atom. The predicted molar refractivity (Wildman–Crippen MR) is 127 cm³/mol. The molecule has 0 saturated carbocycles. The number of nitrogens with zero attached hydrogens (tertiary/aromatic N) is 1. The van der Waals surface area contributed by atoms with Gasteiger partial charge in [-0.25, -0.2) is 4.98 Å². The molecule has 0 aliphatic carbocycles. The van der Waals surface area contributed by atoms with E-state index in [1.165, 1.54) is 10.9 Å². The van der Waals surface area contributed by atoms with Gasteiger partial charge in [0.05, 0.1) is 12.1 Å². The molecule has 1 amide bonds. The third kappa shape index (κ3) is 5.38. The Bertz CT molecular complexity index is 1170. The first-order valence-electron chi connectivity index (χ1n) is 9.41. The molecule has 2 N–H and O–H groups in total. The number of aromatic nitrogens is 2. The van der Waals surface area contributed by atoms with Gasteiger partial charge < -0.3 is 10.3 Å². The molecule has 154 valence electrons. The summed E-state index contributed by atoms with van der Waals surface area (Å²) in [4.78, 5) is 20.1. The largest absolute Gasteiger partial charge is 0.361 e. The van der Waals surface area contributed by atoms with E-state index in [-0.39, 0.29) is 12.3 Å². The minimum atomic E-state index is -0.0163. The lowest BCUT2D eigenvalue weighted by Crippen LogP contribution is -2.27. The summed E-state index contributed by atoms with van der Waals surface area (Å²) in [7, 11) is 0. The lowest BCUT2D eigenvalue weighted by Gasteiger charge is -2.04. The second kappa shape index (κ2) is 9.88. The van der Waals surface area contributed by atoms with Gasteiger partial charge in [0.1, 0.15) is 4.34 Å². The van der Waals surface area contributed by atoms with Gasteiger partial charge >= 0.3 is 0 Å². The Morgan fingerprint density at radius 1 is 1.17 bits per heavy atom. The maximum Gasteiger partial charge on any atom is 0.226 e. The Kier molecular flexibility index (Phi) is 7.00. The van der Waals surface area contributed by atoms with E-state index in [9.17, 15) is 4.79 Å². The SMILES string of the molecule is O=C(Cc1csc(SCc2ccc(Cl)cc2Cl)n1)NCCc1c[nH]c2ccccc12. The summed E-state index contributed by atoms with van der Waals surface area (Å²) in [5.41, 5.74) is 4.12. The van der Waals surface area contributed by atoms with Gasteiger partial charge in [0.25, 0.3) is 0 Å². The summed E-state index contributed by atoms with van der Waals surface area (Å²) in [5, 5.41) is 7.41. The maximum atomic E-state index is 12.3. The summed E-state index contributed by atoms with van der Waals surface area (Å²) < 4.78 is 0.919. The van der Waals surface area contributed by atoms with Crippen molar-refractivity contribution in [3.8, 4) is 0 Å². The number of halogens is 2. The van der Waals surface area contributed by atoms with Crippen LogP contribution in [0.15, 0.2) is 58.4 Å². The van der Waals surface area contributed by atoms with E-state index in [2.05, 4.69) is 27.4 Å². The number of nitrogens with one attached hydrogen (secondary N) is 2. The van der Waals surface area contributed by atoms with Crippen LogP contribution >= 0.6 is 46.3 Å². The number of H-pyrrole nitrogens is 1. The van der Waals surface area contributed by atoms with Crippen molar-refractivity contribution < 1.29 is 4.79 Å². The molecule has 0 radical (unpaired) electrons. The number of hydrogen-bond acceptors (Lipinski definition) is 4. The fraction of sp³-hybridized carbons (Fsp3) is 0.182. The first kappa shape index (κ1) is 21.2. The number of rotatable bonds is 8. The van der Waals surface area contributed by atoms with Crippen LogP contribution in [0, 0.1) is 0 Å². The van der Waals surface area contributed by atoms with E-state index in [4.69, 9.17) is 23.2 Å². The van der Waals surface area contributed by atoms with Crippen molar-refractivity contribution >= 4 is 63.1 Å². The van der Waals surface area contributed by atoms with Crippen LogP contribution in [0.25, 0.3) is 10.9 Å². The first-order chi connectivity index (χ1) is 14.6. The predicted octanol–water partition coefficient (Wildman–Crippen LogP) is 6.12. The summed E-state index contributed by atoms with van der Waals surface area (Å²) in [6.07, 6.45) is 3.08. The van der Waals surface area contributed by atoms with Gasteiger partial charge in [0, 0.05) is 44.8 Å². The molecule has 0 unspecified atom stereocenters. The van der Waals surface area contributed by atoms with Crippen LogP contribution in [0.3, 0.4) is 0 Å². The normalized spacial score (nSPS) is 11.1. The molecule has 0 atom stereocenters. The molecule has 4 nitrogen and oxygen atoms in total. The number of para-hydroxylation sites is 1. The number of aromatic amines is 1. The molecule has 2 heterocycles. The number of carbonyl (C=O) groups is 1. The fourth-order valence-electron chi connectivity index (χ4n) is 3.12. The third-order valence-electron chi connectivity index (χ3n) is 4.63. The fourth-order valence-corrected chi connectivity index (χ4v) is 5.52. The highest BCUT2D eigenvalue weighted by Crippen LogP contribution is 2.30. The number of hydrogen-bond donors (Lipinski definition) is 2. The minimum Gasteiger partial charge on any atom is -0.361 e. The highest BCUT2D eigenvalue weighted by atomic mass is 35.5. The van der Waals surface area contributed by atoms with E-state index in [1.807, 2.05) is 35.8 Å². The van der Waals surface area contributed by atoms with Crippen LogP contribution in [0.1, 0.15) is 16.8 Å². The Hall–Kier alpha value is -1.99. The number of benzene rings is 2. The summed E-state index contributed by atoms with van der Waals surface area (Å²) >= 11 is 15.3. The topological polar surface area (TPSA) is 57.8 Å². The Balaban J connectivity index is 1.24.